The lowest BCUT2D eigenvalue weighted by molar-refractivity contribution is 0.00399. The molecule has 0 N–H and O–H groups in total. The van der Waals surface area contributed by atoms with Gasteiger partial charge in [-0.05, 0) is 57.2 Å². The normalized spacial score (nSPS) is 23.2. The highest BCUT2D eigenvalue weighted by Crippen LogP contribution is 2.30. The van der Waals surface area contributed by atoms with Gasteiger partial charge in [-0.1, -0.05) is 0 Å². The summed E-state index contributed by atoms with van der Waals surface area (Å²) in [4.78, 5) is 14.1. The van der Waals surface area contributed by atoms with Crippen LogP contribution in [0.2, 0.25) is 0 Å². The highest BCUT2D eigenvalue weighted by atomic mass is 127. The van der Waals surface area contributed by atoms with E-state index in [1.165, 1.54) is 0 Å². The Kier molecular flexibility index (Phi) is 3.81. The molecule has 6 heteroatoms. The Morgan fingerprint density at radius 3 is 2.63 bits per heavy atom. The largest absolute Gasteiger partial charge is 0.444 e. The van der Waals surface area contributed by atoms with E-state index in [9.17, 15) is 4.79 Å². The quantitative estimate of drug-likeness (QED) is 0.653. The number of carbonyl (C=O) groups excluding carboxylic acids is 1. The summed E-state index contributed by atoms with van der Waals surface area (Å²) in [5.41, 5.74) is 0.613. The monoisotopic (exact) mass is 377 g/mol. The molecule has 0 radical (unpaired) electrons. The Balaban J connectivity index is 2.25. The van der Waals surface area contributed by atoms with Gasteiger partial charge in [0.25, 0.3) is 0 Å². The van der Waals surface area contributed by atoms with Gasteiger partial charge in [-0.25, -0.2) is 4.79 Å². The Morgan fingerprint density at radius 1 is 1.42 bits per heavy atom. The zero-order chi connectivity index (χ0) is 14.4. The van der Waals surface area contributed by atoms with Crippen LogP contribution in [0.3, 0.4) is 0 Å². The van der Waals surface area contributed by atoms with E-state index in [0.717, 1.165) is 9.26 Å². The molecule has 0 unspecified atom stereocenters. The third kappa shape index (κ3) is 2.88. The van der Waals surface area contributed by atoms with Crippen LogP contribution in [0.1, 0.15) is 46.4 Å². The van der Waals surface area contributed by atoms with Gasteiger partial charge in [0.05, 0.1) is 34.1 Å². The van der Waals surface area contributed by atoms with Crippen LogP contribution < -0.4 is 0 Å². The molecule has 1 aliphatic heterocycles. The van der Waals surface area contributed by atoms with Crippen molar-refractivity contribution in [1.82, 2.24) is 14.7 Å². The summed E-state index contributed by atoms with van der Waals surface area (Å²) in [6.07, 6.45) is 1.59. The average Bonchev–Trinajstić information content (AvgIpc) is 2.63. The van der Waals surface area contributed by atoms with Crippen LogP contribution in [0.25, 0.3) is 0 Å². The van der Waals surface area contributed by atoms with Gasteiger partial charge in [0.1, 0.15) is 5.60 Å². The van der Waals surface area contributed by atoms with Crippen molar-refractivity contribution in [2.75, 3.05) is 0 Å². The number of carbonyl (C=O) groups is 1. The number of hydrogen-bond donors (Lipinski definition) is 0. The predicted molar refractivity (Wildman–Crippen MR) is 80.9 cm³/mol. The van der Waals surface area contributed by atoms with Crippen molar-refractivity contribution in [2.45, 2.75) is 58.8 Å². The molecule has 0 aliphatic carbocycles. The lowest BCUT2D eigenvalue weighted by Crippen LogP contribution is -2.48. The van der Waals surface area contributed by atoms with Crippen molar-refractivity contribution in [3.05, 3.63) is 15.5 Å². The van der Waals surface area contributed by atoms with Crippen molar-refractivity contribution in [3.8, 4) is 0 Å². The zero-order valence-electron chi connectivity index (χ0n) is 12.0. The molecule has 106 valence electrons. The minimum atomic E-state index is -0.467. The van der Waals surface area contributed by atoms with E-state index in [1.807, 2.05) is 38.6 Å². The lowest BCUT2D eigenvalue weighted by atomic mass is 10.1. The Bertz CT molecular complexity index is 493. The fourth-order valence-electron chi connectivity index (χ4n) is 2.19. The topological polar surface area (TPSA) is 47.4 Å². The molecule has 0 spiro atoms. The molecule has 2 heterocycles. The number of ether oxygens (including phenoxy) is 1. The van der Waals surface area contributed by atoms with E-state index in [2.05, 4.69) is 34.6 Å². The van der Waals surface area contributed by atoms with Gasteiger partial charge in [0.15, 0.2) is 0 Å². The zero-order valence-corrected chi connectivity index (χ0v) is 14.1. The summed E-state index contributed by atoms with van der Waals surface area (Å²) in [5, 5.41) is 4.39. The van der Waals surface area contributed by atoms with E-state index in [-0.39, 0.29) is 18.2 Å². The fraction of sp³-hybridized carbons (Fsp3) is 0.692. The smallest absolute Gasteiger partial charge is 0.410 e. The first-order valence-corrected chi connectivity index (χ1v) is 7.50. The van der Waals surface area contributed by atoms with Gasteiger partial charge in [0, 0.05) is 0 Å². The minimum absolute atomic E-state index is 0.0676. The summed E-state index contributed by atoms with van der Waals surface area (Å²) in [6, 6.07) is 0.220. The van der Waals surface area contributed by atoms with Crippen LogP contribution in [0, 0.1) is 3.57 Å². The summed E-state index contributed by atoms with van der Waals surface area (Å²) < 4.78 is 8.58. The van der Waals surface area contributed by atoms with Crippen LogP contribution in [0.4, 0.5) is 4.79 Å². The average molecular weight is 377 g/mol. The van der Waals surface area contributed by atoms with E-state index < -0.39 is 5.60 Å². The van der Waals surface area contributed by atoms with Gasteiger partial charge >= 0.3 is 6.09 Å². The van der Waals surface area contributed by atoms with Gasteiger partial charge in [-0.15, -0.1) is 0 Å². The number of rotatable bonds is 0. The first-order valence-electron chi connectivity index (χ1n) is 6.42. The van der Waals surface area contributed by atoms with E-state index in [4.69, 9.17) is 4.74 Å². The predicted octanol–water partition coefficient (Wildman–Crippen LogP) is 3.19. The number of halogens is 1. The van der Waals surface area contributed by atoms with E-state index in [0.29, 0.717) is 6.54 Å². The Morgan fingerprint density at radius 2 is 2.05 bits per heavy atom. The molecular weight excluding hydrogens is 357 g/mol. The van der Waals surface area contributed by atoms with Crippen LogP contribution in [-0.2, 0) is 11.3 Å². The molecule has 1 aromatic rings. The summed E-state index contributed by atoms with van der Waals surface area (Å²) in [7, 11) is 0. The number of fused-ring (bicyclic) bond motifs is 1. The molecule has 2 rings (SSSR count). The highest BCUT2D eigenvalue weighted by molar-refractivity contribution is 14.1. The van der Waals surface area contributed by atoms with Crippen LogP contribution >= 0.6 is 22.6 Å². The van der Waals surface area contributed by atoms with E-state index >= 15 is 0 Å². The number of nitrogens with zero attached hydrogens (tertiary/aromatic N) is 3. The maximum Gasteiger partial charge on any atom is 0.410 e. The molecule has 2 atom stereocenters. The lowest BCUT2D eigenvalue weighted by Gasteiger charge is -2.39. The molecular formula is C13H20IN3O2. The van der Waals surface area contributed by atoms with Gasteiger partial charge in [-0.3, -0.25) is 9.58 Å². The second kappa shape index (κ2) is 4.96. The van der Waals surface area contributed by atoms with Gasteiger partial charge in [0.2, 0.25) is 0 Å². The minimum Gasteiger partial charge on any atom is -0.444 e. The second-order valence-electron chi connectivity index (χ2n) is 5.97. The molecule has 0 fully saturated rings. The molecule has 1 aromatic heterocycles. The maximum absolute atomic E-state index is 12.3. The second-order valence-corrected chi connectivity index (χ2v) is 7.14. The maximum atomic E-state index is 12.3. The van der Waals surface area contributed by atoms with Gasteiger partial charge < -0.3 is 4.74 Å². The van der Waals surface area contributed by atoms with E-state index in [1.54, 1.807) is 4.90 Å². The highest BCUT2D eigenvalue weighted by Gasteiger charge is 2.36. The van der Waals surface area contributed by atoms with Crippen molar-refractivity contribution < 1.29 is 9.53 Å². The summed E-state index contributed by atoms with van der Waals surface area (Å²) >= 11 is 2.26. The van der Waals surface area contributed by atoms with Crippen molar-refractivity contribution in [2.24, 2.45) is 0 Å². The standard InChI is InChI=1S/C13H20IN3O2/c1-8-9(2)17-11(10(14)6-15-17)7-16(8)12(18)19-13(3,4)5/h6,8-9H,7H2,1-5H3/t8-,9+/m0/s1. The number of aromatic nitrogens is 2. The first kappa shape index (κ1) is 14.6. The SMILES string of the molecule is C[C@@H]1[C@H](C)N(C(=O)OC(C)(C)C)Cc2c(I)cnn21. The van der Waals surface area contributed by atoms with Crippen LogP contribution in [0.15, 0.2) is 6.20 Å². The molecule has 0 saturated carbocycles. The summed E-state index contributed by atoms with van der Waals surface area (Å²) in [6.45, 7) is 10.3. The van der Waals surface area contributed by atoms with Crippen molar-refractivity contribution >= 4 is 28.7 Å². The Hall–Kier alpha value is -0.790. The van der Waals surface area contributed by atoms with Crippen LogP contribution in [0.5, 0.6) is 0 Å². The molecule has 5 nitrogen and oxygen atoms in total. The molecule has 1 amide bonds. The fourth-order valence-corrected chi connectivity index (χ4v) is 2.73. The number of amides is 1. The molecule has 0 saturated heterocycles. The first-order chi connectivity index (χ1) is 8.70. The van der Waals surface area contributed by atoms with Crippen molar-refractivity contribution in [3.63, 3.8) is 0 Å². The van der Waals surface area contributed by atoms with Gasteiger partial charge in [-0.2, -0.15) is 5.10 Å². The number of hydrogen-bond acceptors (Lipinski definition) is 3. The third-order valence-electron chi connectivity index (χ3n) is 3.37. The Labute approximate surface area is 127 Å². The van der Waals surface area contributed by atoms with Crippen LogP contribution in [-0.4, -0.2) is 32.4 Å². The van der Waals surface area contributed by atoms with Crippen molar-refractivity contribution in [1.29, 1.82) is 0 Å². The molecule has 19 heavy (non-hydrogen) atoms. The summed E-state index contributed by atoms with van der Waals surface area (Å²) in [5.74, 6) is 0. The molecule has 0 aromatic carbocycles. The third-order valence-corrected chi connectivity index (χ3v) is 4.27. The molecule has 0 bridgehead atoms. The molecule has 1 aliphatic rings.